The highest BCUT2D eigenvalue weighted by atomic mass is 16.7. The first-order valence-corrected chi connectivity index (χ1v) is 8.69. The summed E-state index contributed by atoms with van der Waals surface area (Å²) in [5, 5.41) is 8.40. The molecule has 0 aliphatic carbocycles. The van der Waals surface area contributed by atoms with Gasteiger partial charge in [-0.3, -0.25) is 4.90 Å². The summed E-state index contributed by atoms with van der Waals surface area (Å²) in [6, 6.07) is 6.79. The lowest BCUT2D eigenvalue weighted by Gasteiger charge is -2.33. The molecular formula is C18H24N4O3. The van der Waals surface area contributed by atoms with Crippen molar-refractivity contribution in [2.24, 2.45) is 0 Å². The van der Waals surface area contributed by atoms with Crippen LogP contribution in [-0.2, 0) is 12.0 Å². The summed E-state index contributed by atoms with van der Waals surface area (Å²) in [5.41, 5.74) is 1.12. The Labute approximate surface area is 147 Å². The third-order valence-electron chi connectivity index (χ3n) is 4.54. The highest BCUT2D eigenvalue weighted by Gasteiger charge is 2.26. The number of fused-ring (bicyclic) bond motifs is 1. The number of anilines is 1. The lowest BCUT2D eigenvalue weighted by Crippen LogP contribution is -2.46. The van der Waals surface area contributed by atoms with Gasteiger partial charge in [0.2, 0.25) is 12.7 Å². The fraction of sp³-hybridized carbons (Fsp3) is 0.556. The molecule has 2 aliphatic rings. The van der Waals surface area contributed by atoms with Crippen molar-refractivity contribution >= 4 is 6.01 Å². The molecule has 7 nitrogen and oxygen atoms in total. The molecular weight excluding hydrogens is 320 g/mol. The molecule has 134 valence electrons. The van der Waals surface area contributed by atoms with Crippen LogP contribution in [0.25, 0.3) is 0 Å². The van der Waals surface area contributed by atoms with Crippen molar-refractivity contribution in [1.82, 2.24) is 15.1 Å². The van der Waals surface area contributed by atoms with Gasteiger partial charge in [-0.25, -0.2) is 0 Å². The maximum atomic E-state index is 5.85. The normalized spacial score (nSPS) is 18.0. The number of hydrogen-bond donors (Lipinski definition) is 0. The number of aromatic nitrogens is 2. The monoisotopic (exact) mass is 344 g/mol. The molecule has 0 bridgehead atoms. The minimum Gasteiger partial charge on any atom is -0.454 e. The maximum Gasteiger partial charge on any atom is 0.318 e. The van der Waals surface area contributed by atoms with Gasteiger partial charge in [-0.2, -0.15) is 0 Å². The lowest BCUT2D eigenvalue weighted by atomic mass is 9.97. The molecule has 0 atom stereocenters. The summed E-state index contributed by atoms with van der Waals surface area (Å²) in [6.07, 6.45) is 0. The molecule has 1 aromatic heterocycles. The van der Waals surface area contributed by atoms with Crippen LogP contribution in [0.15, 0.2) is 22.6 Å². The average Bonchev–Trinajstić information content (AvgIpc) is 3.24. The Morgan fingerprint density at radius 1 is 1.00 bits per heavy atom. The van der Waals surface area contributed by atoms with Crippen LogP contribution >= 0.6 is 0 Å². The van der Waals surface area contributed by atoms with Crippen LogP contribution in [0, 0.1) is 0 Å². The Bertz CT molecular complexity index is 745. The van der Waals surface area contributed by atoms with Gasteiger partial charge in [0.25, 0.3) is 0 Å². The van der Waals surface area contributed by atoms with E-state index in [0.29, 0.717) is 18.7 Å². The summed E-state index contributed by atoms with van der Waals surface area (Å²) in [7, 11) is 0. The van der Waals surface area contributed by atoms with E-state index in [9.17, 15) is 0 Å². The van der Waals surface area contributed by atoms with Crippen molar-refractivity contribution in [3.8, 4) is 11.5 Å². The molecule has 0 amide bonds. The van der Waals surface area contributed by atoms with Crippen molar-refractivity contribution < 1.29 is 13.9 Å². The van der Waals surface area contributed by atoms with Crippen molar-refractivity contribution in [2.75, 3.05) is 37.9 Å². The summed E-state index contributed by atoms with van der Waals surface area (Å²) in [5.74, 6) is 2.36. The molecule has 2 aliphatic heterocycles. The Kier molecular flexibility index (Phi) is 4.03. The summed E-state index contributed by atoms with van der Waals surface area (Å²) >= 11 is 0. The van der Waals surface area contributed by atoms with Gasteiger partial charge in [0.1, 0.15) is 0 Å². The molecule has 0 N–H and O–H groups in total. The predicted octanol–water partition coefficient (Wildman–Crippen LogP) is 2.42. The first-order valence-electron chi connectivity index (χ1n) is 8.69. The largest absolute Gasteiger partial charge is 0.454 e. The third-order valence-corrected chi connectivity index (χ3v) is 4.54. The third kappa shape index (κ3) is 3.42. The maximum absolute atomic E-state index is 5.85. The van der Waals surface area contributed by atoms with E-state index >= 15 is 0 Å². The van der Waals surface area contributed by atoms with Crippen LogP contribution in [0.4, 0.5) is 6.01 Å². The van der Waals surface area contributed by atoms with Gasteiger partial charge in [0, 0.05) is 38.1 Å². The van der Waals surface area contributed by atoms with E-state index in [-0.39, 0.29) is 5.41 Å². The van der Waals surface area contributed by atoms with Crippen LogP contribution in [-0.4, -0.2) is 48.1 Å². The number of piperazine rings is 1. The number of ether oxygens (including phenoxy) is 2. The summed E-state index contributed by atoms with van der Waals surface area (Å²) in [6.45, 7) is 11.1. The molecule has 0 spiro atoms. The molecule has 1 saturated heterocycles. The predicted molar refractivity (Wildman–Crippen MR) is 93.1 cm³/mol. The zero-order chi connectivity index (χ0) is 17.4. The second-order valence-corrected chi connectivity index (χ2v) is 7.59. The van der Waals surface area contributed by atoms with Crippen LogP contribution in [0.3, 0.4) is 0 Å². The standard InChI is InChI=1S/C18H24N4O3/c1-18(2,3)16-19-20-17(25-16)22-8-6-21(7-9-22)11-13-4-5-14-15(10-13)24-12-23-14/h4-5,10H,6-9,11-12H2,1-3H3. The van der Waals surface area contributed by atoms with E-state index in [0.717, 1.165) is 44.2 Å². The van der Waals surface area contributed by atoms with Crippen molar-refractivity contribution in [3.05, 3.63) is 29.7 Å². The second-order valence-electron chi connectivity index (χ2n) is 7.59. The van der Waals surface area contributed by atoms with E-state index in [4.69, 9.17) is 13.9 Å². The van der Waals surface area contributed by atoms with Crippen LogP contribution in [0.5, 0.6) is 11.5 Å². The van der Waals surface area contributed by atoms with E-state index in [2.05, 4.69) is 52.9 Å². The fourth-order valence-electron chi connectivity index (χ4n) is 3.04. The van der Waals surface area contributed by atoms with Gasteiger partial charge >= 0.3 is 6.01 Å². The highest BCUT2D eigenvalue weighted by Crippen LogP contribution is 2.33. The zero-order valence-corrected chi connectivity index (χ0v) is 15.0. The van der Waals surface area contributed by atoms with Crippen molar-refractivity contribution in [1.29, 1.82) is 0 Å². The van der Waals surface area contributed by atoms with Crippen molar-refractivity contribution in [3.63, 3.8) is 0 Å². The molecule has 1 aromatic carbocycles. The van der Waals surface area contributed by atoms with Gasteiger partial charge in [0.05, 0.1) is 0 Å². The van der Waals surface area contributed by atoms with Gasteiger partial charge < -0.3 is 18.8 Å². The molecule has 1 fully saturated rings. The van der Waals surface area contributed by atoms with E-state index in [1.807, 2.05) is 6.07 Å². The van der Waals surface area contributed by atoms with Gasteiger partial charge in [-0.05, 0) is 17.7 Å². The SMILES string of the molecule is CC(C)(C)c1nnc(N2CCN(Cc3ccc4c(c3)OCO4)CC2)o1. The Hall–Kier alpha value is -2.28. The van der Waals surface area contributed by atoms with Crippen molar-refractivity contribution in [2.45, 2.75) is 32.7 Å². The molecule has 4 rings (SSSR count). The molecule has 25 heavy (non-hydrogen) atoms. The summed E-state index contributed by atoms with van der Waals surface area (Å²) in [4.78, 5) is 4.59. The fourth-order valence-corrected chi connectivity index (χ4v) is 3.04. The second kappa shape index (κ2) is 6.22. The quantitative estimate of drug-likeness (QED) is 0.847. The highest BCUT2D eigenvalue weighted by molar-refractivity contribution is 5.44. The number of hydrogen-bond acceptors (Lipinski definition) is 7. The minimum atomic E-state index is -0.119. The van der Waals surface area contributed by atoms with Gasteiger partial charge in [0.15, 0.2) is 11.5 Å². The topological polar surface area (TPSA) is 63.9 Å². The Morgan fingerprint density at radius 2 is 1.76 bits per heavy atom. The first-order chi connectivity index (χ1) is 12.0. The molecule has 0 radical (unpaired) electrons. The molecule has 0 saturated carbocycles. The van der Waals surface area contributed by atoms with Gasteiger partial charge in [-0.15, -0.1) is 5.10 Å². The summed E-state index contributed by atoms with van der Waals surface area (Å²) < 4.78 is 16.7. The van der Waals surface area contributed by atoms with E-state index in [1.165, 1.54) is 5.56 Å². The Balaban J connectivity index is 1.34. The number of nitrogens with zero attached hydrogens (tertiary/aromatic N) is 4. The lowest BCUT2D eigenvalue weighted by molar-refractivity contribution is 0.174. The van der Waals surface area contributed by atoms with Crippen LogP contribution in [0.2, 0.25) is 0 Å². The Morgan fingerprint density at radius 3 is 2.48 bits per heavy atom. The molecule has 3 heterocycles. The smallest absolute Gasteiger partial charge is 0.318 e. The molecule has 0 unspecified atom stereocenters. The first kappa shape index (κ1) is 16.2. The van der Waals surface area contributed by atoms with E-state index in [1.54, 1.807) is 0 Å². The number of rotatable bonds is 3. The minimum absolute atomic E-state index is 0.119. The van der Waals surface area contributed by atoms with Crippen LogP contribution < -0.4 is 14.4 Å². The molecule has 2 aromatic rings. The van der Waals surface area contributed by atoms with E-state index < -0.39 is 0 Å². The molecule has 7 heteroatoms. The van der Waals surface area contributed by atoms with Gasteiger partial charge in [-0.1, -0.05) is 31.9 Å². The zero-order valence-electron chi connectivity index (χ0n) is 15.0. The van der Waals surface area contributed by atoms with Crippen LogP contribution in [0.1, 0.15) is 32.2 Å². The average molecular weight is 344 g/mol. The number of benzene rings is 1.